The Labute approximate surface area is 100.0 Å². The molecule has 1 heterocycles. The maximum atomic E-state index is 12.0. The van der Waals surface area contributed by atoms with Crippen molar-refractivity contribution in [3.63, 3.8) is 0 Å². The highest BCUT2D eigenvalue weighted by Crippen LogP contribution is 2.23. The average molecular weight is 262 g/mol. The van der Waals surface area contributed by atoms with E-state index < -0.39 is 12.8 Å². The van der Waals surface area contributed by atoms with E-state index in [1.165, 1.54) is 12.1 Å². The Balaban J connectivity index is 2.23. The maximum absolute atomic E-state index is 12.0. The van der Waals surface area contributed by atoms with Crippen molar-refractivity contribution in [3.8, 4) is 5.75 Å². The highest BCUT2D eigenvalue weighted by atomic mass is 35.5. The Morgan fingerprint density at radius 2 is 1.94 bits per heavy atom. The van der Waals surface area contributed by atoms with Crippen molar-refractivity contribution < 1.29 is 17.9 Å². The Morgan fingerprint density at radius 3 is 2.65 bits per heavy atom. The van der Waals surface area contributed by atoms with Crippen molar-refractivity contribution in [2.24, 2.45) is 0 Å². The van der Waals surface area contributed by atoms with Gasteiger partial charge in [-0.1, -0.05) is 11.6 Å². The molecule has 1 aromatic carbocycles. The van der Waals surface area contributed by atoms with Gasteiger partial charge in [-0.15, -0.1) is 0 Å². The third-order valence-corrected chi connectivity index (χ3v) is 2.24. The van der Waals surface area contributed by atoms with Crippen LogP contribution in [0.3, 0.4) is 0 Å². The molecule has 0 atom stereocenters. The summed E-state index contributed by atoms with van der Waals surface area (Å²) in [6, 6.07) is 7.72. The number of nitrogens with zero attached hydrogens (tertiary/aromatic N) is 1. The number of aromatic nitrogens is 1. The van der Waals surface area contributed by atoms with E-state index in [4.69, 9.17) is 11.6 Å². The van der Waals surface area contributed by atoms with E-state index in [1.807, 2.05) is 0 Å². The fraction of sp³-hybridized carbons (Fsp3) is 0.182. The maximum Gasteiger partial charge on any atom is 0.422 e. The van der Waals surface area contributed by atoms with E-state index in [9.17, 15) is 13.2 Å². The van der Waals surface area contributed by atoms with Gasteiger partial charge in [-0.25, -0.2) is 4.98 Å². The third-order valence-electron chi connectivity index (χ3n) is 2.03. The van der Waals surface area contributed by atoms with Crippen molar-refractivity contribution in [3.05, 3.63) is 35.5 Å². The van der Waals surface area contributed by atoms with Gasteiger partial charge in [0.05, 0.1) is 5.52 Å². The molecule has 90 valence electrons. The summed E-state index contributed by atoms with van der Waals surface area (Å²) in [6.45, 7) is -1.31. The van der Waals surface area contributed by atoms with Crippen LogP contribution in [0.25, 0.3) is 10.9 Å². The molecule has 0 amide bonds. The number of pyridine rings is 1. The highest BCUT2D eigenvalue weighted by Gasteiger charge is 2.28. The highest BCUT2D eigenvalue weighted by molar-refractivity contribution is 6.29. The third kappa shape index (κ3) is 3.23. The molecule has 0 saturated heterocycles. The molecular formula is C11H7ClF3NO. The Hall–Kier alpha value is -1.49. The first-order valence-electron chi connectivity index (χ1n) is 4.70. The molecule has 0 bridgehead atoms. The number of ether oxygens (including phenoxy) is 1. The van der Waals surface area contributed by atoms with Crippen LogP contribution in [0.5, 0.6) is 5.75 Å². The second-order valence-corrected chi connectivity index (χ2v) is 3.78. The molecule has 0 unspecified atom stereocenters. The Bertz CT molecular complexity index is 542. The van der Waals surface area contributed by atoms with Crippen molar-refractivity contribution in [2.75, 3.05) is 6.61 Å². The van der Waals surface area contributed by atoms with Crippen molar-refractivity contribution in [2.45, 2.75) is 6.18 Å². The topological polar surface area (TPSA) is 22.1 Å². The first kappa shape index (κ1) is 12.0. The van der Waals surface area contributed by atoms with E-state index >= 15 is 0 Å². The second kappa shape index (κ2) is 4.41. The van der Waals surface area contributed by atoms with Crippen LogP contribution in [-0.4, -0.2) is 17.8 Å². The summed E-state index contributed by atoms with van der Waals surface area (Å²) in [7, 11) is 0. The predicted molar refractivity (Wildman–Crippen MR) is 58.3 cm³/mol. The average Bonchev–Trinajstić information content (AvgIpc) is 2.25. The number of benzene rings is 1. The summed E-state index contributed by atoms with van der Waals surface area (Å²) < 4.78 is 40.5. The zero-order valence-electron chi connectivity index (χ0n) is 8.46. The number of rotatable bonds is 2. The summed E-state index contributed by atoms with van der Waals surface area (Å²) in [5, 5.41) is 1.01. The molecular weight excluding hydrogens is 255 g/mol. The van der Waals surface area contributed by atoms with Gasteiger partial charge in [0.15, 0.2) is 6.61 Å². The zero-order chi connectivity index (χ0) is 12.5. The van der Waals surface area contributed by atoms with E-state index in [2.05, 4.69) is 9.72 Å². The van der Waals surface area contributed by atoms with Crippen LogP contribution >= 0.6 is 11.6 Å². The van der Waals surface area contributed by atoms with E-state index in [-0.39, 0.29) is 5.75 Å². The smallest absolute Gasteiger partial charge is 0.422 e. The Morgan fingerprint density at radius 1 is 1.18 bits per heavy atom. The molecule has 0 aliphatic carbocycles. The molecule has 0 spiro atoms. The molecule has 2 rings (SSSR count). The number of halogens is 4. The van der Waals surface area contributed by atoms with Gasteiger partial charge >= 0.3 is 6.18 Å². The summed E-state index contributed by atoms with van der Waals surface area (Å²) in [4.78, 5) is 4.01. The molecule has 6 heteroatoms. The quantitative estimate of drug-likeness (QED) is 0.767. The summed E-state index contributed by atoms with van der Waals surface area (Å²) in [5.41, 5.74) is 0.608. The summed E-state index contributed by atoms with van der Waals surface area (Å²) in [5.74, 6) is 0.152. The van der Waals surface area contributed by atoms with Crippen molar-refractivity contribution >= 4 is 22.5 Å². The lowest BCUT2D eigenvalue weighted by atomic mass is 10.2. The van der Waals surface area contributed by atoms with E-state index in [1.54, 1.807) is 18.2 Å². The van der Waals surface area contributed by atoms with Crippen molar-refractivity contribution in [1.82, 2.24) is 4.98 Å². The minimum absolute atomic E-state index is 0.152. The molecule has 0 radical (unpaired) electrons. The van der Waals surface area contributed by atoms with Gasteiger partial charge in [0, 0.05) is 5.39 Å². The first-order valence-corrected chi connectivity index (χ1v) is 5.08. The van der Waals surface area contributed by atoms with Gasteiger partial charge in [0.25, 0.3) is 0 Å². The molecule has 2 aromatic rings. The lowest BCUT2D eigenvalue weighted by Gasteiger charge is -2.09. The number of alkyl halides is 3. The largest absolute Gasteiger partial charge is 0.484 e. The Kier molecular flexibility index (Phi) is 3.11. The van der Waals surface area contributed by atoms with Crippen LogP contribution in [0.2, 0.25) is 5.15 Å². The van der Waals surface area contributed by atoms with E-state index in [0.29, 0.717) is 16.1 Å². The van der Waals surface area contributed by atoms with Crippen LogP contribution in [-0.2, 0) is 0 Å². The minimum Gasteiger partial charge on any atom is -0.484 e. The van der Waals surface area contributed by atoms with Crippen LogP contribution < -0.4 is 4.74 Å². The summed E-state index contributed by atoms with van der Waals surface area (Å²) in [6.07, 6.45) is -4.34. The fourth-order valence-corrected chi connectivity index (χ4v) is 1.49. The molecule has 0 saturated carbocycles. The monoisotopic (exact) mass is 261 g/mol. The van der Waals surface area contributed by atoms with Gasteiger partial charge in [-0.2, -0.15) is 13.2 Å². The van der Waals surface area contributed by atoms with Crippen LogP contribution in [0.15, 0.2) is 30.3 Å². The minimum atomic E-state index is -4.34. The second-order valence-electron chi connectivity index (χ2n) is 3.39. The fourth-order valence-electron chi connectivity index (χ4n) is 1.33. The molecule has 0 aliphatic heterocycles. The first-order chi connectivity index (χ1) is 7.94. The normalized spacial score (nSPS) is 11.8. The molecule has 17 heavy (non-hydrogen) atoms. The molecule has 2 nitrogen and oxygen atoms in total. The predicted octanol–water partition coefficient (Wildman–Crippen LogP) is 3.83. The summed E-state index contributed by atoms with van der Waals surface area (Å²) >= 11 is 5.69. The van der Waals surface area contributed by atoms with Gasteiger partial charge in [-0.3, -0.25) is 0 Å². The zero-order valence-corrected chi connectivity index (χ0v) is 9.22. The van der Waals surface area contributed by atoms with Crippen LogP contribution in [0.1, 0.15) is 0 Å². The van der Waals surface area contributed by atoms with Crippen LogP contribution in [0, 0.1) is 0 Å². The van der Waals surface area contributed by atoms with E-state index in [0.717, 1.165) is 0 Å². The van der Waals surface area contributed by atoms with Gasteiger partial charge in [0.1, 0.15) is 10.9 Å². The van der Waals surface area contributed by atoms with Crippen LogP contribution in [0.4, 0.5) is 13.2 Å². The molecule has 0 aliphatic rings. The lowest BCUT2D eigenvalue weighted by molar-refractivity contribution is -0.153. The number of hydrogen-bond acceptors (Lipinski definition) is 2. The van der Waals surface area contributed by atoms with Crippen molar-refractivity contribution in [1.29, 1.82) is 0 Å². The SMILES string of the molecule is FC(F)(F)COc1ccc2nc(Cl)ccc2c1. The standard InChI is InChI=1S/C11H7ClF3NO/c12-10-4-1-7-5-8(2-3-9(7)16-10)17-6-11(13,14)15/h1-5H,6H2. The number of fused-ring (bicyclic) bond motifs is 1. The van der Waals surface area contributed by atoms with Gasteiger partial charge < -0.3 is 4.74 Å². The molecule has 0 fully saturated rings. The molecule has 0 N–H and O–H groups in total. The van der Waals surface area contributed by atoms with Gasteiger partial charge in [-0.05, 0) is 30.3 Å². The molecule has 1 aromatic heterocycles. The van der Waals surface area contributed by atoms with Gasteiger partial charge in [0.2, 0.25) is 0 Å². The lowest BCUT2D eigenvalue weighted by Crippen LogP contribution is -2.19. The number of hydrogen-bond donors (Lipinski definition) is 0.